The third-order valence-electron chi connectivity index (χ3n) is 2.21. The lowest BCUT2D eigenvalue weighted by atomic mass is 10.1. The lowest BCUT2D eigenvalue weighted by molar-refractivity contribution is -0.121. The molecule has 0 unspecified atom stereocenters. The number of aryl methyl sites for hydroxylation is 1. The number of pyridine rings is 1. The number of rotatable bonds is 4. The van der Waals surface area contributed by atoms with Crippen LogP contribution in [-0.4, -0.2) is 23.0 Å². The van der Waals surface area contributed by atoms with Crippen LogP contribution in [0.3, 0.4) is 0 Å². The molecule has 2 N–H and O–H groups in total. The molecule has 0 aliphatic heterocycles. The van der Waals surface area contributed by atoms with Gasteiger partial charge in [0.2, 0.25) is 5.91 Å². The van der Waals surface area contributed by atoms with Crippen molar-refractivity contribution in [2.45, 2.75) is 39.8 Å². The molecule has 0 aromatic carbocycles. The van der Waals surface area contributed by atoms with Crippen LogP contribution in [0.4, 0.5) is 0 Å². The fraction of sp³-hybridized carbons (Fsp3) is 0.538. The molecular formula is C13H21N3O. The van der Waals surface area contributed by atoms with Crippen molar-refractivity contribution in [3.8, 4) is 0 Å². The van der Waals surface area contributed by atoms with Gasteiger partial charge in [0.15, 0.2) is 0 Å². The van der Waals surface area contributed by atoms with Gasteiger partial charge in [-0.1, -0.05) is 6.07 Å². The van der Waals surface area contributed by atoms with E-state index in [-0.39, 0.29) is 11.4 Å². The van der Waals surface area contributed by atoms with Gasteiger partial charge in [0, 0.05) is 18.3 Å². The zero-order valence-corrected chi connectivity index (χ0v) is 11.0. The lowest BCUT2D eigenvalue weighted by Crippen LogP contribution is -2.44. The number of carbonyl (C=O) groups excluding carboxylic acids is 1. The summed E-state index contributed by atoms with van der Waals surface area (Å²) < 4.78 is 0. The highest BCUT2D eigenvalue weighted by Gasteiger charge is 2.12. The van der Waals surface area contributed by atoms with Gasteiger partial charge in [-0.15, -0.1) is 0 Å². The molecule has 1 amide bonds. The average Bonchev–Trinajstić information content (AvgIpc) is 2.18. The Hall–Kier alpha value is -1.42. The van der Waals surface area contributed by atoms with Crippen molar-refractivity contribution < 1.29 is 4.79 Å². The van der Waals surface area contributed by atoms with Crippen molar-refractivity contribution >= 4 is 5.91 Å². The summed E-state index contributed by atoms with van der Waals surface area (Å²) in [7, 11) is 0. The van der Waals surface area contributed by atoms with Crippen LogP contribution in [0.25, 0.3) is 0 Å². The molecule has 1 aromatic rings. The monoisotopic (exact) mass is 235 g/mol. The Labute approximate surface area is 103 Å². The van der Waals surface area contributed by atoms with Crippen LogP contribution in [0.2, 0.25) is 0 Å². The van der Waals surface area contributed by atoms with Crippen LogP contribution < -0.4 is 10.6 Å². The van der Waals surface area contributed by atoms with Crippen molar-refractivity contribution in [1.82, 2.24) is 15.6 Å². The summed E-state index contributed by atoms with van der Waals surface area (Å²) in [5, 5.41) is 5.99. The van der Waals surface area contributed by atoms with E-state index >= 15 is 0 Å². The minimum absolute atomic E-state index is 0.00563. The normalized spacial score (nSPS) is 11.3. The molecule has 17 heavy (non-hydrogen) atoms. The van der Waals surface area contributed by atoms with Crippen molar-refractivity contribution in [2.24, 2.45) is 0 Å². The van der Waals surface area contributed by atoms with Gasteiger partial charge in [0.1, 0.15) is 0 Å². The molecule has 4 heteroatoms. The van der Waals surface area contributed by atoms with Crippen LogP contribution in [0.1, 0.15) is 32.0 Å². The van der Waals surface area contributed by atoms with Gasteiger partial charge in [0.05, 0.1) is 12.2 Å². The first-order valence-electron chi connectivity index (χ1n) is 5.81. The van der Waals surface area contributed by atoms with Crippen molar-refractivity contribution in [2.75, 3.05) is 6.54 Å². The number of carbonyl (C=O) groups is 1. The van der Waals surface area contributed by atoms with E-state index in [2.05, 4.69) is 15.6 Å². The van der Waals surface area contributed by atoms with Gasteiger partial charge in [-0.3, -0.25) is 9.78 Å². The topological polar surface area (TPSA) is 54.0 Å². The molecule has 4 nitrogen and oxygen atoms in total. The van der Waals surface area contributed by atoms with Gasteiger partial charge in [-0.2, -0.15) is 0 Å². The largest absolute Gasteiger partial charge is 0.350 e. The summed E-state index contributed by atoms with van der Waals surface area (Å²) in [5.41, 5.74) is 1.94. The molecule has 0 aliphatic carbocycles. The predicted octanol–water partition coefficient (Wildman–Crippen LogP) is 1.39. The summed E-state index contributed by atoms with van der Waals surface area (Å²) in [6.45, 7) is 8.84. The Balaban J connectivity index is 2.34. The predicted molar refractivity (Wildman–Crippen MR) is 68.6 cm³/mol. The second kappa shape index (κ2) is 5.77. The van der Waals surface area contributed by atoms with E-state index in [1.807, 2.05) is 39.8 Å². The Kier molecular flexibility index (Phi) is 4.63. The van der Waals surface area contributed by atoms with Crippen LogP contribution in [-0.2, 0) is 11.3 Å². The highest BCUT2D eigenvalue weighted by atomic mass is 16.2. The zero-order chi connectivity index (χ0) is 12.9. The van der Waals surface area contributed by atoms with Crippen LogP contribution in [0, 0.1) is 6.92 Å². The summed E-state index contributed by atoms with van der Waals surface area (Å²) >= 11 is 0. The van der Waals surface area contributed by atoms with Gasteiger partial charge < -0.3 is 10.6 Å². The smallest absolute Gasteiger partial charge is 0.234 e. The molecule has 0 saturated heterocycles. The summed E-state index contributed by atoms with van der Waals surface area (Å²) in [5.74, 6) is 0.00563. The molecule has 94 valence electrons. The fourth-order valence-electron chi connectivity index (χ4n) is 1.46. The van der Waals surface area contributed by atoms with E-state index in [4.69, 9.17) is 0 Å². The zero-order valence-electron chi connectivity index (χ0n) is 11.0. The quantitative estimate of drug-likeness (QED) is 0.829. The van der Waals surface area contributed by atoms with Crippen molar-refractivity contribution in [3.05, 3.63) is 29.6 Å². The maximum atomic E-state index is 11.5. The fourth-order valence-corrected chi connectivity index (χ4v) is 1.46. The molecule has 0 radical (unpaired) electrons. The third kappa shape index (κ3) is 5.45. The Bertz CT molecular complexity index is 382. The maximum Gasteiger partial charge on any atom is 0.234 e. The number of nitrogens with zero attached hydrogens (tertiary/aromatic N) is 1. The Morgan fingerprint density at radius 2 is 2.12 bits per heavy atom. The second-order valence-electron chi connectivity index (χ2n) is 5.17. The SMILES string of the molecule is Cc1cccnc1CNCC(=O)NC(C)(C)C. The second-order valence-corrected chi connectivity index (χ2v) is 5.17. The maximum absolute atomic E-state index is 11.5. The number of nitrogens with one attached hydrogen (secondary N) is 2. The van der Waals surface area contributed by atoms with E-state index in [1.54, 1.807) is 6.20 Å². The van der Waals surface area contributed by atoms with E-state index in [1.165, 1.54) is 0 Å². The van der Waals surface area contributed by atoms with Crippen molar-refractivity contribution in [3.63, 3.8) is 0 Å². The average molecular weight is 235 g/mol. The Morgan fingerprint density at radius 1 is 1.41 bits per heavy atom. The van der Waals surface area contributed by atoms with Crippen molar-refractivity contribution in [1.29, 1.82) is 0 Å². The van der Waals surface area contributed by atoms with Crippen LogP contribution in [0.5, 0.6) is 0 Å². The first kappa shape index (κ1) is 13.6. The molecule has 0 spiro atoms. The molecule has 0 fully saturated rings. The first-order valence-corrected chi connectivity index (χ1v) is 5.81. The molecule has 1 aromatic heterocycles. The molecular weight excluding hydrogens is 214 g/mol. The molecule has 1 heterocycles. The summed E-state index contributed by atoms with van der Waals surface area (Å²) in [4.78, 5) is 15.8. The van der Waals surface area contributed by atoms with E-state index in [0.717, 1.165) is 11.3 Å². The van der Waals surface area contributed by atoms with E-state index in [0.29, 0.717) is 13.1 Å². The van der Waals surface area contributed by atoms with Crippen LogP contribution >= 0.6 is 0 Å². The highest BCUT2D eigenvalue weighted by molar-refractivity contribution is 5.78. The number of aromatic nitrogens is 1. The third-order valence-corrected chi connectivity index (χ3v) is 2.21. The standard InChI is InChI=1S/C13H21N3O/c1-10-6-5-7-15-11(10)8-14-9-12(17)16-13(2,3)4/h5-7,14H,8-9H2,1-4H3,(H,16,17). The van der Waals surface area contributed by atoms with Gasteiger partial charge in [-0.25, -0.2) is 0 Å². The summed E-state index contributed by atoms with van der Waals surface area (Å²) in [6, 6.07) is 3.92. The lowest BCUT2D eigenvalue weighted by Gasteiger charge is -2.20. The van der Waals surface area contributed by atoms with Crippen LogP contribution in [0.15, 0.2) is 18.3 Å². The van der Waals surface area contributed by atoms with Gasteiger partial charge in [-0.05, 0) is 39.3 Å². The van der Waals surface area contributed by atoms with Gasteiger partial charge in [0.25, 0.3) is 0 Å². The van der Waals surface area contributed by atoms with Gasteiger partial charge >= 0.3 is 0 Å². The number of hydrogen-bond acceptors (Lipinski definition) is 3. The minimum atomic E-state index is -0.181. The molecule has 0 aliphatic rings. The molecule has 0 atom stereocenters. The molecule has 0 bridgehead atoms. The minimum Gasteiger partial charge on any atom is -0.350 e. The van der Waals surface area contributed by atoms with E-state index in [9.17, 15) is 4.79 Å². The molecule has 0 saturated carbocycles. The van der Waals surface area contributed by atoms with E-state index < -0.39 is 0 Å². The number of hydrogen-bond donors (Lipinski definition) is 2. The first-order chi connectivity index (χ1) is 7.88. The number of amides is 1. The highest BCUT2D eigenvalue weighted by Crippen LogP contribution is 2.02. The summed E-state index contributed by atoms with van der Waals surface area (Å²) in [6.07, 6.45) is 1.76. The Morgan fingerprint density at radius 3 is 2.71 bits per heavy atom. The molecule has 1 rings (SSSR count).